The van der Waals surface area contributed by atoms with Gasteiger partial charge in [-0.15, -0.1) is 0 Å². The number of benzene rings is 1. The molecule has 1 aliphatic rings. The van der Waals surface area contributed by atoms with Gasteiger partial charge in [0.15, 0.2) is 0 Å². The fourth-order valence-corrected chi connectivity index (χ4v) is 3.00. The first-order valence-corrected chi connectivity index (χ1v) is 6.90. The summed E-state index contributed by atoms with van der Waals surface area (Å²) in [6, 6.07) is 6.24. The van der Waals surface area contributed by atoms with Gasteiger partial charge in [0.1, 0.15) is 0 Å². The lowest BCUT2D eigenvalue weighted by Crippen LogP contribution is -2.50. The monoisotopic (exact) mass is 272 g/mol. The Hall–Kier alpha value is -0.440. The van der Waals surface area contributed by atoms with Crippen LogP contribution in [0, 0.1) is 0 Å². The molecule has 0 aromatic heterocycles. The third kappa shape index (κ3) is 3.06. The van der Waals surface area contributed by atoms with Crippen LogP contribution in [0.3, 0.4) is 0 Å². The summed E-state index contributed by atoms with van der Waals surface area (Å²) in [7, 11) is 0. The van der Waals surface area contributed by atoms with Gasteiger partial charge in [-0.05, 0) is 18.6 Å². The van der Waals surface area contributed by atoms with Crippen LogP contribution >= 0.6 is 23.2 Å². The lowest BCUT2D eigenvalue weighted by molar-refractivity contribution is 0.431. The van der Waals surface area contributed by atoms with Gasteiger partial charge >= 0.3 is 0 Å². The minimum atomic E-state index is 0.543. The van der Waals surface area contributed by atoms with Crippen LogP contribution in [0.1, 0.15) is 19.8 Å². The molecule has 0 bridgehead atoms. The summed E-state index contributed by atoms with van der Waals surface area (Å²) in [5.74, 6) is 0. The van der Waals surface area contributed by atoms with E-state index in [2.05, 4.69) is 17.1 Å². The molecular formula is C13H18Cl2N2. The maximum absolute atomic E-state index is 6.24. The number of anilines is 1. The molecule has 1 heterocycles. The summed E-state index contributed by atoms with van der Waals surface area (Å²) in [6.07, 6.45) is 2.39. The van der Waals surface area contributed by atoms with Crippen molar-refractivity contribution in [2.75, 3.05) is 24.5 Å². The van der Waals surface area contributed by atoms with E-state index in [0.717, 1.165) is 35.4 Å². The Morgan fingerprint density at radius 2 is 2.06 bits per heavy atom. The summed E-state index contributed by atoms with van der Waals surface area (Å²) >= 11 is 12.5. The maximum Gasteiger partial charge on any atom is 0.0745 e. The highest BCUT2D eigenvalue weighted by Gasteiger charge is 2.21. The Kier molecular flexibility index (Phi) is 4.55. The molecule has 1 atom stereocenters. The Morgan fingerprint density at radius 1 is 1.35 bits per heavy atom. The molecule has 1 aromatic carbocycles. The zero-order chi connectivity index (χ0) is 12.3. The summed E-state index contributed by atoms with van der Waals surface area (Å²) < 4.78 is 0. The number of halogens is 2. The van der Waals surface area contributed by atoms with E-state index in [1.165, 1.54) is 12.8 Å². The zero-order valence-corrected chi connectivity index (χ0v) is 11.6. The topological polar surface area (TPSA) is 15.3 Å². The summed E-state index contributed by atoms with van der Waals surface area (Å²) in [4.78, 5) is 2.29. The van der Waals surface area contributed by atoms with E-state index in [-0.39, 0.29) is 0 Å². The van der Waals surface area contributed by atoms with Gasteiger partial charge < -0.3 is 10.2 Å². The Bertz CT molecular complexity index is 359. The van der Waals surface area contributed by atoms with Crippen LogP contribution in [0.4, 0.5) is 5.69 Å². The normalized spacial score (nSPS) is 20.6. The average molecular weight is 273 g/mol. The van der Waals surface area contributed by atoms with Gasteiger partial charge in [0.2, 0.25) is 0 Å². The van der Waals surface area contributed by atoms with Crippen molar-refractivity contribution in [3.8, 4) is 0 Å². The SMILES string of the molecule is CCCC1CN(c2c(Cl)cccc2Cl)CCN1. The molecule has 1 aliphatic heterocycles. The number of hydrogen-bond acceptors (Lipinski definition) is 2. The number of piperazine rings is 1. The van der Waals surface area contributed by atoms with Crippen LogP contribution < -0.4 is 10.2 Å². The van der Waals surface area contributed by atoms with Crippen LogP contribution in [0.25, 0.3) is 0 Å². The molecule has 0 aliphatic carbocycles. The molecule has 1 N–H and O–H groups in total. The molecule has 0 amide bonds. The van der Waals surface area contributed by atoms with Gasteiger partial charge in [0.05, 0.1) is 15.7 Å². The Morgan fingerprint density at radius 3 is 2.71 bits per heavy atom. The molecule has 1 saturated heterocycles. The minimum absolute atomic E-state index is 0.543. The van der Waals surface area contributed by atoms with Crippen LogP contribution in [-0.2, 0) is 0 Å². The number of rotatable bonds is 3. The van der Waals surface area contributed by atoms with E-state index in [9.17, 15) is 0 Å². The van der Waals surface area contributed by atoms with E-state index in [1.54, 1.807) is 0 Å². The Labute approximate surface area is 113 Å². The second-order valence-corrected chi connectivity index (χ2v) is 5.27. The summed E-state index contributed by atoms with van der Waals surface area (Å²) in [5.41, 5.74) is 0.985. The van der Waals surface area contributed by atoms with Crippen molar-refractivity contribution in [2.45, 2.75) is 25.8 Å². The molecule has 1 unspecified atom stereocenters. The fraction of sp³-hybridized carbons (Fsp3) is 0.538. The molecule has 0 radical (unpaired) electrons. The summed E-state index contributed by atoms with van der Waals surface area (Å²) in [6.45, 7) is 5.15. The largest absolute Gasteiger partial charge is 0.366 e. The molecule has 0 saturated carbocycles. The van der Waals surface area contributed by atoms with Gasteiger partial charge in [-0.3, -0.25) is 0 Å². The molecule has 2 rings (SSSR count). The van der Waals surface area contributed by atoms with E-state index >= 15 is 0 Å². The minimum Gasteiger partial charge on any atom is -0.366 e. The predicted octanol–water partition coefficient (Wildman–Crippen LogP) is 3.57. The second kappa shape index (κ2) is 5.94. The summed E-state index contributed by atoms with van der Waals surface area (Å²) in [5, 5.41) is 5.02. The highest BCUT2D eigenvalue weighted by Crippen LogP contribution is 2.34. The van der Waals surface area contributed by atoms with Crippen LogP contribution in [0.15, 0.2) is 18.2 Å². The van der Waals surface area contributed by atoms with Crippen molar-refractivity contribution in [1.82, 2.24) is 5.32 Å². The van der Waals surface area contributed by atoms with Crippen molar-refractivity contribution in [3.63, 3.8) is 0 Å². The molecule has 0 spiro atoms. The van der Waals surface area contributed by atoms with Gasteiger partial charge in [0, 0.05) is 25.7 Å². The number of nitrogens with one attached hydrogen (secondary N) is 1. The first kappa shape index (κ1) is 13.0. The first-order valence-electron chi connectivity index (χ1n) is 6.14. The van der Waals surface area contributed by atoms with Gasteiger partial charge in [-0.2, -0.15) is 0 Å². The first-order chi connectivity index (χ1) is 8.22. The highest BCUT2D eigenvalue weighted by molar-refractivity contribution is 6.39. The van der Waals surface area contributed by atoms with E-state index in [0.29, 0.717) is 6.04 Å². The number of para-hydroxylation sites is 1. The quantitative estimate of drug-likeness (QED) is 0.905. The van der Waals surface area contributed by atoms with Crippen molar-refractivity contribution >= 4 is 28.9 Å². The van der Waals surface area contributed by atoms with Crippen LogP contribution in [-0.4, -0.2) is 25.7 Å². The third-order valence-corrected chi connectivity index (χ3v) is 3.76. The molecule has 1 fully saturated rings. The van der Waals surface area contributed by atoms with E-state index < -0.39 is 0 Å². The molecule has 94 valence electrons. The smallest absolute Gasteiger partial charge is 0.0745 e. The second-order valence-electron chi connectivity index (χ2n) is 4.46. The number of hydrogen-bond donors (Lipinski definition) is 1. The molecule has 1 aromatic rings. The third-order valence-electron chi connectivity index (χ3n) is 3.15. The van der Waals surface area contributed by atoms with Gasteiger partial charge in [-0.1, -0.05) is 42.6 Å². The van der Waals surface area contributed by atoms with E-state index in [1.807, 2.05) is 18.2 Å². The lowest BCUT2D eigenvalue weighted by atomic mass is 10.1. The fourth-order valence-electron chi connectivity index (χ4n) is 2.36. The molecule has 4 heteroatoms. The van der Waals surface area contributed by atoms with Gasteiger partial charge in [0.25, 0.3) is 0 Å². The van der Waals surface area contributed by atoms with Gasteiger partial charge in [-0.25, -0.2) is 0 Å². The van der Waals surface area contributed by atoms with Crippen LogP contribution in [0.2, 0.25) is 10.0 Å². The standard InChI is InChI=1S/C13H18Cl2N2/c1-2-4-10-9-17(8-7-16-10)13-11(14)5-3-6-12(13)15/h3,5-6,10,16H,2,4,7-9H2,1H3. The van der Waals surface area contributed by atoms with E-state index in [4.69, 9.17) is 23.2 Å². The number of nitrogens with zero attached hydrogens (tertiary/aromatic N) is 1. The highest BCUT2D eigenvalue weighted by atomic mass is 35.5. The van der Waals surface area contributed by atoms with Crippen LogP contribution in [0.5, 0.6) is 0 Å². The molecular weight excluding hydrogens is 255 g/mol. The lowest BCUT2D eigenvalue weighted by Gasteiger charge is -2.36. The zero-order valence-electron chi connectivity index (χ0n) is 10.0. The predicted molar refractivity (Wildman–Crippen MR) is 75.4 cm³/mol. The molecule has 2 nitrogen and oxygen atoms in total. The maximum atomic E-state index is 6.24. The average Bonchev–Trinajstić information content (AvgIpc) is 2.30. The van der Waals surface area contributed by atoms with Crippen molar-refractivity contribution in [2.24, 2.45) is 0 Å². The van der Waals surface area contributed by atoms with Crippen molar-refractivity contribution in [1.29, 1.82) is 0 Å². The van der Waals surface area contributed by atoms with Crippen molar-refractivity contribution in [3.05, 3.63) is 28.2 Å². The molecule has 17 heavy (non-hydrogen) atoms. The Balaban J connectivity index is 2.16. The van der Waals surface area contributed by atoms with Crippen molar-refractivity contribution < 1.29 is 0 Å².